The first-order valence-corrected chi connectivity index (χ1v) is 9.69. The van der Waals surface area contributed by atoms with Gasteiger partial charge >= 0.3 is 0 Å². The highest BCUT2D eigenvalue weighted by Crippen LogP contribution is 2.35. The first-order chi connectivity index (χ1) is 14.4. The molecule has 3 aromatic rings. The summed E-state index contributed by atoms with van der Waals surface area (Å²) in [4.78, 5) is 12.6. The lowest BCUT2D eigenvalue weighted by Gasteiger charge is -2.11. The maximum Gasteiger partial charge on any atom is 0.230 e. The Morgan fingerprint density at radius 3 is 2.70 bits per heavy atom. The third kappa shape index (κ3) is 5.07. The number of halogens is 2. The van der Waals surface area contributed by atoms with Crippen molar-refractivity contribution in [1.29, 1.82) is 0 Å². The molecule has 0 unspecified atom stereocenters. The summed E-state index contributed by atoms with van der Waals surface area (Å²) in [6.07, 6.45) is 7.19. The number of benzene rings is 2. The molecule has 154 valence electrons. The van der Waals surface area contributed by atoms with E-state index in [4.69, 9.17) is 39.1 Å². The highest BCUT2D eigenvalue weighted by Gasteiger charge is 2.16. The van der Waals surface area contributed by atoms with E-state index in [2.05, 4.69) is 16.3 Å². The van der Waals surface area contributed by atoms with Crippen LogP contribution in [0.15, 0.2) is 42.6 Å². The number of terminal acetylenes is 1. The fraction of sp³-hybridized carbons (Fsp3) is 0.182. The number of nitrogens with one attached hydrogen (secondary N) is 1. The molecule has 0 atom stereocenters. The molecule has 2 aromatic carbocycles. The number of nitrogens with zero attached hydrogens (tertiary/aromatic N) is 2. The molecule has 0 saturated carbocycles. The number of carbonyl (C=O) groups excluding carboxylic acids is 1. The van der Waals surface area contributed by atoms with Gasteiger partial charge in [-0.15, -0.1) is 6.42 Å². The predicted molar refractivity (Wildman–Crippen MR) is 118 cm³/mol. The van der Waals surface area contributed by atoms with Crippen LogP contribution < -0.4 is 14.8 Å². The Morgan fingerprint density at radius 2 is 2.00 bits per heavy atom. The van der Waals surface area contributed by atoms with Gasteiger partial charge < -0.3 is 14.8 Å². The summed E-state index contributed by atoms with van der Waals surface area (Å²) < 4.78 is 12.5. The first-order valence-electron chi connectivity index (χ1n) is 8.93. The van der Waals surface area contributed by atoms with Crippen molar-refractivity contribution >= 4 is 34.9 Å². The predicted octanol–water partition coefficient (Wildman–Crippen LogP) is 4.60. The number of hydrogen-bond acceptors (Lipinski definition) is 4. The molecule has 0 fully saturated rings. The van der Waals surface area contributed by atoms with Gasteiger partial charge in [0.2, 0.25) is 5.91 Å². The summed E-state index contributed by atoms with van der Waals surface area (Å²) in [5.41, 5.74) is 2.29. The van der Waals surface area contributed by atoms with E-state index in [1.165, 1.54) is 0 Å². The number of aryl methyl sites for hydroxylation is 1. The molecule has 0 spiro atoms. The molecular formula is C22H19Cl2N3O3. The van der Waals surface area contributed by atoms with Gasteiger partial charge in [0.1, 0.15) is 6.61 Å². The van der Waals surface area contributed by atoms with Crippen LogP contribution in [0, 0.1) is 12.3 Å². The average Bonchev–Trinajstić information content (AvgIpc) is 3.08. The van der Waals surface area contributed by atoms with Crippen molar-refractivity contribution < 1.29 is 14.3 Å². The zero-order chi connectivity index (χ0) is 21.7. The van der Waals surface area contributed by atoms with Crippen molar-refractivity contribution in [2.45, 2.75) is 6.42 Å². The van der Waals surface area contributed by atoms with E-state index in [-0.39, 0.29) is 18.9 Å². The Morgan fingerprint density at radius 1 is 1.20 bits per heavy atom. The van der Waals surface area contributed by atoms with Crippen LogP contribution in [0.5, 0.6) is 11.5 Å². The third-order valence-electron chi connectivity index (χ3n) is 4.22. The quantitative estimate of drug-likeness (QED) is 0.542. The van der Waals surface area contributed by atoms with Crippen LogP contribution >= 0.6 is 23.2 Å². The highest BCUT2D eigenvalue weighted by molar-refractivity contribution is 6.42. The smallest absolute Gasteiger partial charge is 0.230 e. The number of amides is 1. The normalized spacial score (nSPS) is 10.4. The minimum Gasteiger partial charge on any atom is -0.493 e. The topological polar surface area (TPSA) is 65.4 Å². The van der Waals surface area contributed by atoms with Crippen molar-refractivity contribution in [3.63, 3.8) is 0 Å². The van der Waals surface area contributed by atoms with Gasteiger partial charge in [0.25, 0.3) is 0 Å². The number of carbonyl (C=O) groups is 1. The van der Waals surface area contributed by atoms with E-state index >= 15 is 0 Å². The monoisotopic (exact) mass is 443 g/mol. The Labute approximate surface area is 184 Å². The highest BCUT2D eigenvalue weighted by atomic mass is 35.5. The number of anilines is 1. The number of aromatic nitrogens is 2. The third-order valence-corrected chi connectivity index (χ3v) is 4.96. The van der Waals surface area contributed by atoms with Crippen molar-refractivity contribution in [2.75, 3.05) is 19.0 Å². The molecule has 3 rings (SSSR count). The van der Waals surface area contributed by atoms with Crippen molar-refractivity contribution in [3.05, 3.63) is 58.2 Å². The summed E-state index contributed by atoms with van der Waals surface area (Å²) >= 11 is 12.0. The molecule has 0 aliphatic rings. The van der Waals surface area contributed by atoms with Crippen LogP contribution in [0.4, 0.5) is 5.82 Å². The standard InChI is InChI=1S/C22H19Cl2N3O3/c1-4-9-30-19-8-6-15(12-20(19)29-3)16-13-27(2)26-22(16)25-21(28)11-14-5-7-17(23)18(24)10-14/h1,5-8,10,12-13H,9,11H2,2-3H3,(H,25,26,28). The van der Waals surface area contributed by atoms with Gasteiger partial charge in [-0.1, -0.05) is 41.3 Å². The lowest BCUT2D eigenvalue weighted by atomic mass is 10.1. The molecular weight excluding hydrogens is 425 g/mol. The molecule has 0 radical (unpaired) electrons. The SMILES string of the molecule is C#CCOc1ccc(-c2cn(C)nc2NC(=O)Cc2ccc(Cl)c(Cl)c2)cc1OC. The molecule has 1 heterocycles. The van der Waals surface area contributed by atoms with E-state index in [0.29, 0.717) is 27.4 Å². The van der Waals surface area contributed by atoms with Gasteiger partial charge in [-0.3, -0.25) is 9.48 Å². The molecule has 30 heavy (non-hydrogen) atoms. The minimum atomic E-state index is -0.228. The molecule has 6 nitrogen and oxygen atoms in total. The van der Waals surface area contributed by atoms with Crippen LogP contribution in [-0.4, -0.2) is 29.4 Å². The van der Waals surface area contributed by atoms with Gasteiger partial charge in [0.05, 0.1) is 23.6 Å². The van der Waals surface area contributed by atoms with Crippen LogP contribution in [0.1, 0.15) is 5.56 Å². The molecule has 0 aliphatic heterocycles. The second-order valence-electron chi connectivity index (χ2n) is 6.40. The van der Waals surface area contributed by atoms with Crippen molar-refractivity contribution in [2.24, 2.45) is 7.05 Å². The summed E-state index contributed by atoms with van der Waals surface area (Å²) in [5, 5.41) is 8.06. The first kappa shape index (κ1) is 21.6. The fourth-order valence-corrected chi connectivity index (χ4v) is 3.20. The molecule has 8 heteroatoms. The van der Waals surface area contributed by atoms with E-state index in [1.807, 2.05) is 12.3 Å². The minimum absolute atomic E-state index is 0.134. The Bertz CT molecular complexity index is 1120. The van der Waals surface area contributed by atoms with Gasteiger partial charge in [-0.05, 0) is 35.4 Å². The van der Waals surface area contributed by atoms with E-state index in [0.717, 1.165) is 16.7 Å². The number of hydrogen-bond donors (Lipinski definition) is 1. The van der Waals surface area contributed by atoms with Crippen LogP contribution in [0.25, 0.3) is 11.1 Å². The summed E-state index contributed by atoms with van der Waals surface area (Å²) in [7, 11) is 3.32. The second-order valence-corrected chi connectivity index (χ2v) is 7.21. The molecule has 0 saturated heterocycles. The number of ether oxygens (including phenoxy) is 2. The Hall–Kier alpha value is -3.14. The summed E-state index contributed by atoms with van der Waals surface area (Å²) in [6, 6.07) is 10.5. The molecule has 0 aliphatic carbocycles. The van der Waals surface area contributed by atoms with E-state index in [1.54, 1.807) is 49.2 Å². The number of rotatable bonds is 7. The van der Waals surface area contributed by atoms with E-state index in [9.17, 15) is 4.79 Å². The zero-order valence-electron chi connectivity index (χ0n) is 16.4. The maximum atomic E-state index is 12.6. The van der Waals surface area contributed by atoms with Crippen molar-refractivity contribution in [3.8, 4) is 35.0 Å². The summed E-state index contributed by atoms with van der Waals surface area (Å²) in [6.45, 7) is 0.138. The molecule has 0 bridgehead atoms. The van der Waals surface area contributed by atoms with Crippen LogP contribution in [0.2, 0.25) is 10.0 Å². The summed E-state index contributed by atoms with van der Waals surface area (Å²) in [5.74, 6) is 3.69. The van der Waals surface area contributed by atoms with Gasteiger partial charge in [-0.2, -0.15) is 5.10 Å². The lowest BCUT2D eigenvalue weighted by molar-refractivity contribution is -0.115. The maximum absolute atomic E-state index is 12.6. The lowest BCUT2D eigenvalue weighted by Crippen LogP contribution is -2.15. The number of methoxy groups -OCH3 is 1. The average molecular weight is 444 g/mol. The fourth-order valence-electron chi connectivity index (χ4n) is 2.88. The van der Waals surface area contributed by atoms with Gasteiger partial charge in [0, 0.05) is 18.8 Å². The van der Waals surface area contributed by atoms with E-state index < -0.39 is 0 Å². The Kier molecular flexibility index (Phi) is 6.88. The molecule has 1 aromatic heterocycles. The molecule has 1 amide bonds. The van der Waals surface area contributed by atoms with Crippen molar-refractivity contribution in [1.82, 2.24) is 9.78 Å². The second kappa shape index (κ2) is 9.57. The molecule has 1 N–H and O–H groups in total. The van der Waals surface area contributed by atoms with Crippen LogP contribution in [0.3, 0.4) is 0 Å². The zero-order valence-corrected chi connectivity index (χ0v) is 17.9. The largest absolute Gasteiger partial charge is 0.493 e. The van der Waals surface area contributed by atoms with Crippen LogP contribution in [-0.2, 0) is 18.3 Å². The van der Waals surface area contributed by atoms with Gasteiger partial charge in [0.15, 0.2) is 17.3 Å². The Balaban J connectivity index is 1.82. The van der Waals surface area contributed by atoms with Gasteiger partial charge in [-0.25, -0.2) is 0 Å².